The van der Waals surface area contributed by atoms with Gasteiger partial charge in [-0.05, 0) is 31.6 Å². The molecular weight excluding hydrogens is 278 g/mol. The molecule has 0 aliphatic heterocycles. The molecule has 1 unspecified atom stereocenters. The summed E-state index contributed by atoms with van der Waals surface area (Å²) in [7, 11) is -3.38. The molecule has 1 aliphatic carbocycles. The molecule has 0 radical (unpaired) electrons. The Bertz CT molecular complexity index is 450. The second-order valence-electron chi connectivity index (χ2n) is 6.10. The molecule has 20 heavy (non-hydrogen) atoms. The number of hydrogen-bond acceptors (Lipinski definition) is 4. The molecule has 5 nitrogen and oxygen atoms in total. The van der Waals surface area contributed by atoms with Gasteiger partial charge in [-0.2, -0.15) is 0 Å². The Morgan fingerprint density at radius 3 is 2.20 bits per heavy atom. The van der Waals surface area contributed by atoms with Gasteiger partial charge >= 0.3 is 0 Å². The first-order valence-corrected chi connectivity index (χ1v) is 9.03. The SMILES string of the molecule is CC(=O)C(NC(=O)CS(=O)(=O)CC1CCCC1)C(C)C. The van der Waals surface area contributed by atoms with Crippen molar-refractivity contribution in [2.45, 2.75) is 52.5 Å². The summed E-state index contributed by atoms with van der Waals surface area (Å²) in [6.45, 7) is 5.04. The van der Waals surface area contributed by atoms with E-state index >= 15 is 0 Å². The molecule has 1 N–H and O–H groups in total. The Labute approximate surface area is 121 Å². The molecule has 0 aromatic carbocycles. The zero-order valence-electron chi connectivity index (χ0n) is 12.5. The summed E-state index contributed by atoms with van der Waals surface area (Å²) >= 11 is 0. The van der Waals surface area contributed by atoms with E-state index in [9.17, 15) is 18.0 Å². The fourth-order valence-electron chi connectivity index (χ4n) is 2.75. The van der Waals surface area contributed by atoms with Crippen LogP contribution in [0.25, 0.3) is 0 Å². The third-order valence-corrected chi connectivity index (χ3v) is 5.42. The van der Waals surface area contributed by atoms with Gasteiger partial charge in [0.05, 0.1) is 11.8 Å². The zero-order chi connectivity index (χ0) is 15.3. The lowest BCUT2D eigenvalue weighted by Crippen LogP contribution is -2.45. The number of Topliss-reactive ketones (excluding diaryl/α,β-unsaturated/α-hetero) is 1. The molecular formula is C14H25NO4S. The van der Waals surface area contributed by atoms with Crippen LogP contribution in [0.2, 0.25) is 0 Å². The molecule has 1 atom stereocenters. The van der Waals surface area contributed by atoms with Crippen LogP contribution in [0.4, 0.5) is 0 Å². The van der Waals surface area contributed by atoms with Crippen LogP contribution in [0.3, 0.4) is 0 Å². The third-order valence-electron chi connectivity index (χ3n) is 3.74. The Morgan fingerprint density at radius 1 is 1.20 bits per heavy atom. The number of rotatable bonds is 7. The van der Waals surface area contributed by atoms with Gasteiger partial charge in [-0.25, -0.2) is 8.42 Å². The summed E-state index contributed by atoms with van der Waals surface area (Å²) in [5, 5.41) is 2.53. The fraction of sp³-hybridized carbons (Fsp3) is 0.857. The molecule has 0 heterocycles. The lowest BCUT2D eigenvalue weighted by Gasteiger charge is -2.19. The monoisotopic (exact) mass is 303 g/mol. The minimum absolute atomic E-state index is 0.0472. The van der Waals surface area contributed by atoms with Crippen LogP contribution in [0.1, 0.15) is 46.5 Å². The van der Waals surface area contributed by atoms with Crippen LogP contribution in [0.5, 0.6) is 0 Å². The van der Waals surface area contributed by atoms with Gasteiger partial charge in [0.25, 0.3) is 0 Å². The van der Waals surface area contributed by atoms with Gasteiger partial charge in [-0.3, -0.25) is 9.59 Å². The van der Waals surface area contributed by atoms with E-state index in [-0.39, 0.29) is 23.4 Å². The van der Waals surface area contributed by atoms with Crippen LogP contribution >= 0.6 is 0 Å². The first-order valence-electron chi connectivity index (χ1n) is 7.21. The Hall–Kier alpha value is -0.910. The highest BCUT2D eigenvalue weighted by Gasteiger charge is 2.27. The second-order valence-corrected chi connectivity index (χ2v) is 8.21. The first kappa shape index (κ1) is 17.1. The molecule has 1 saturated carbocycles. The van der Waals surface area contributed by atoms with Gasteiger partial charge in [-0.1, -0.05) is 26.7 Å². The van der Waals surface area contributed by atoms with Crippen LogP contribution in [-0.4, -0.2) is 37.7 Å². The van der Waals surface area contributed by atoms with Gasteiger partial charge in [0.15, 0.2) is 15.6 Å². The van der Waals surface area contributed by atoms with Crippen molar-refractivity contribution in [2.75, 3.05) is 11.5 Å². The molecule has 1 rings (SSSR count). The molecule has 1 amide bonds. The number of amides is 1. The van der Waals surface area contributed by atoms with Crippen molar-refractivity contribution in [3.8, 4) is 0 Å². The van der Waals surface area contributed by atoms with Crippen molar-refractivity contribution >= 4 is 21.5 Å². The van der Waals surface area contributed by atoms with Crippen molar-refractivity contribution in [3.05, 3.63) is 0 Å². The Morgan fingerprint density at radius 2 is 1.75 bits per heavy atom. The van der Waals surface area contributed by atoms with E-state index in [1.54, 1.807) is 0 Å². The molecule has 1 aliphatic rings. The predicted molar refractivity (Wildman–Crippen MR) is 78.1 cm³/mol. The summed E-state index contributed by atoms with van der Waals surface area (Å²) in [5.41, 5.74) is 0. The molecule has 0 bridgehead atoms. The van der Waals surface area contributed by atoms with Gasteiger partial charge in [0, 0.05) is 0 Å². The van der Waals surface area contributed by atoms with Gasteiger partial charge < -0.3 is 5.32 Å². The zero-order valence-corrected chi connectivity index (χ0v) is 13.3. The molecule has 0 aromatic heterocycles. The maximum atomic E-state index is 12.0. The lowest BCUT2D eigenvalue weighted by molar-refractivity contribution is -0.126. The molecule has 0 spiro atoms. The number of hydrogen-bond donors (Lipinski definition) is 1. The van der Waals surface area contributed by atoms with Crippen molar-refractivity contribution in [1.82, 2.24) is 5.32 Å². The standard InChI is InChI=1S/C14H25NO4S/c1-10(2)14(11(3)16)15-13(17)9-20(18,19)8-12-6-4-5-7-12/h10,12,14H,4-9H2,1-3H3,(H,15,17). The highest BCUT2D eigenvalue weighted by Crippen LogP contribution is 2.26. The summed E-state index contributed by atoms with van der Waals surface area (Å²) < 4.78 is 23.9. The van der Waals surface area contributed by atoms with Crippen molar-refractivity contribution in [3.63, 3.8) is 0 Å². The van der Waals surface area contributed by atoms with Crippen LogP contribution in [0, 0.1) is 11.8 Å². The van der Waals surface area contributed by atoms with E-state index < -0.39 is 27.5 Å². The van der Waals surface area contributed by atoms with Gasteiger partial charge in [-0.15, -0.1) is 0 Å². The molecule has 0 aromatic rings. The normalized spacial score (nSPS) is 18.2. The molecule has 0 saturated heterocycles. The predicted octanol–water partition coefficient (Wildman–Crippen LogP) is 1.32. The number of sulfone groups is 1. The Balaban J connectivity index is 2.53. The van der Waals surface area contributed by atoms with Crippen LogP contribution in [-0.2, 0) is 19.4 Å². The van der Waals surface area contributed by atoms with Crippen molar-refractivity contribution < 1.29 is 18.0 Å². The summed E-state index contributed by atoms with van der Waals surface area (Å²) in [5.74, 6) is -0.999. The average molecular weight is 303 g/mol. The van der Waals surface area contributed by atoms with Crippen LogP contribution < -0.4 is 5.32 Å². The smallest absolute Gasteiger partial charge is 0.235 e. The topological polar surface area (TPSA) is 80.3 Å². The van der Waals surface area contributed by atoms with E-state index in [1.165, 1.54) is 6.92 Å². The maximum absolute atomic E-state index is 12.0. The first-order chi connectivity index (χ1) is 9.21. The summed E-state index contributed by atoms with van der Waals surface area (Å²) in [6.07, 6.45) is 4.02. The summed E-state index contributed by atoms with van der Waals surface area (Å²) in [6, 6.07) is -0.607. The van der Waals surface area contributed by atoms with Crippen LogP contribution in [0.15, 0.2) is 0 Å². The molecule has 6 heteroatoms. The minimum Gasteiger partial charge on any atom is -0.345 e. The lowest BCUT2D eigenvalue weighted by atomic mass is 10.0. The van der Waals surface area contributed by atoms with E-state index in [0.29, 0.717) is 0 Å². The quantitative estimate of drug-likeness (QED) is 0.769. The second kappa shape index (κ2) is 7.20. The van der Waals surface area contributed by atoms with Gasteiger partial charge in [0.2, 0.25) is 5.91 Å². The van der Waals surface area contributed by atoms with E-state index in [1.807, 2.05) is 13.8 Å². The van der Waals surface area contributed by atoms with Gasteiger partial charge in [0.1, 0.15) is 5.75 Å². The van der Waals surface area contributed by atoms with E-state index in [4.69, 9.17) is 0 Å². The Kier molecular flexibility index (Phi) is 6.17. The van der Waals surface area contributed by atoms with Crippen molar-refractivity contribution in [1.29, 1.82) is 0 Å². The highest BCUT2D eigenvalue weighted by atomic mass is 32.2. The van der Waals surface area contributed by atoms with Crippen molar-refractivity contribution in [2.24, 2.45) is 11.8 Å². The minimum atomic E-state index is -3.38. The molecule has 1 fully saturated rings. The number of ketones is 1. The van der Waals surface area contributed by atoms with E-state index in [2.05, 4.69) is 5.32 Å². The number of carbonyl (C=O) groups is 2. The molecule has 116 valence electrons. The maximum Gasteiger partial charge on any atom is 0.235 e. The number of carbonyl (C=O) groups excluding carboxylic acids is 2. The highest BCUT2D eigenvalue weighted by molar-refractivity contribution is 7.92. The summed E-state index contributed by atoms with van der Waals surface area (Å²) in [4.78, 5) is 23.2. The third kappa shape index (κ3) is 5.61. The van der Waals surface area contributed by atoms with E-state index in [0.717, 1.165) is 25.7 Å². The average Bonchev–Trinajstić information content (AvgIpc) is 2.76. The fourth-order valence-corrected chi connectivity index (χ4v) is 4.40. The largest absolute Gasteiger partial charge is 0.345 e. The number of nitrogens with one attached hydrogen (secondary N) is 1.